The first-order valence-electron chi connectivity index (χ1n) is 6.36. The Morgan fingerprint density at radius 2 is 1.90 bits per heavy atom. The van der Waals surface area contributed by atoms with Crippen LogP contribution in [0.4, 0.5) is 5.69 Å². The highest BCUT2D eigenvalue weighted by atomic mass is 16.5. The molecule has 5 heteroatoms. The predicted molar refractivity (Wildman–Crippen MR) is 76.9 cm³/mol. The maximum absolute atomic E-state index is 11.8. The molecular weight excluding hydrogens is 258 g/mol. The van der Waals surface area contributed by atoms with Gasteiger partial charge in [0.05, 0.1) is 24.0 Å². The van der Waals surface area contributed by atoms with Gasteiger partial charge in [-0.2, -0.15) is 0 Å². The van der Waals surface area contributed by atoms with Gasteiger partial charge in [0.25, 0.3) is 0 Å². The van der Waals surface area contributed by atoms with E-state index in [4.69, 9.17) is 9.47 Å². The van der Waals surface area contributed by atoms with Crippen molar-refractivity contribution in [1.29, 1.82) is 0 Å². The first kappa shape index (κ1) is 16.2. The van der Waals surface area contributed by atoms with Gasteiger partial charge in [-0.15, -0.1) is 0 Å². The summed E-state index contributed by atoms with van der Waals surface area (Å²) in [5.74, 6) is -0.797. The third kappa shape index (κ3) is 5.01. The summed E-state index contributed by atoms with van der Waals surface area (Å²) >= 11 is 0. The number of carbonyl (C=O) groups excluding carboxylic acids is 2. The molecule has 0 aliphatic rings. The van der Waals surface area contributed by atoms with E-state index in [-0.39, 0.29) is 12.5 Å². The lowest BCUT2D eigenvalue weighted by Crippen LogP contribution is -2.27. The molecule has 1 N–H and O–H groups in total. The molecule has 0 radical (unpaired) electrons. The second-order valence-corrected chi connectivity index (χ2v) is 5.49. The molecule has 0 fully saturated rings. The molecule has 0 aliphatic heterocycles. The van der Waals surface area contributed by atoms with Crippen molar-refractivity contribution < 1.29 is 19.1 Å². The first-order chi connectivity index (χ1) is 9.23. The fourth-order valence-electron chi connectivity index (χ4n) is 1.51. The lowest BCUT2D eigenvalue weighted by molar-refractivity contribution is -0.125. The zero-order valence-corrected chi connectivity index (χ0v) is 12.6. The van der Waals surface area contributed by atoms with Gasteiger partial charge in [0.15, 0.2) is 0 Å². The fourth-order valence-corrected chi connectivity index (χ4v) is 1.51. The lowest BCUT2D eigenvalue weighted by atomic mass is 10.1. The molecule has 0 aliphatic carbocycles. The number of hydrogen-bond acceptors (Lipinski definition) is 4. The quantitative estimate of drug-likeness (QED) is 0.860. The van der Waals surface area contributed by atoms with Crippen molar-refractivity contribution in [3.05, 3.63) is 29.3 Å². The van der Waals surface area contributed by atoms with Crippen LogP contribution in [0.25, 0.3) is 0 Å². The summed E-state index contributed by atoms with van der Waals surface area (Å²) in [4.78, 5) is 23.5. The summed E-state index contributed by atoms with van der Waals surface area (Å²) in [7, 11) is 1.30. The molecule has 1 aromatic rings. The van der Waals surface area contributed by atoms with Gasteiger partial charge in [-0.3, -0.25) is 4.79 Å². The van der Waals surface area contributed by atoms with Gasteiger partial charge < -0.3 is 14.8 Å². The number of amides is 1. The number of nitrogens with one attached hydrogen (secondary N) is 1. The van der Waals surface area contributed by atoms with Crippen LogP contribution >= 0.6 is 0 Å². The van der Waals surface area contributed by atoms with Gasteiger partial charge >= 0.3 is 5.97 Å². The Morgan fingerprint density at radius 3 is 2.45 bits per heavy atom. The molecule has 0 spiro atoms. The monoisotopic (exact) mass is 279 g/mol. The van der Waals surface area contributed by atoms with Gasteiger partial charge in [-0.05, 0) is 39.8 Å². The Balaban J connectivity index is 2.82. The van der Waals surface area contributed by atoms with Gasteiger partial charge in [-0.25, -0.2) is 4.79 Å². The zero-order valence-electron chi connectivity index (χ0n) is 12.6. The van der Waals surface area contributed by atoms with Crippen molar-refractivity contribution in [1.82, 2.24) is 0 Å². The molecule has 5 nitrogen and oxygen atoms in total. The van der Waals surface area contributed by atoms with E-state index < -0.39 is 11.6 Å². The third-order valence-corrected chi connectivity index (χ3v) is 2.49. The third-order valence-electron chi connectivity index (χ3n) is 2.49. The topological polar surface area (TPSA) is 64.6 Å². The summed E-state index contributed by atoms with van der Waals surface area (Å²) < 4.78 is 10.1. The molecular formula is C15H21NO4. The Hall–Kier alpha value is -1.88. The largest absolute Gasteiger partial charge is 0.465 e. The average molecular weight is 279 g/mol. The van der Waals surface area contributed by atoms with Gasteiger partial charge in [0.1, 0.15) is 6.61 Å². The number of anilines is 1. The summed E-state index contributed by atoms with van der Waals surface area (Å²) in [5, 5.41) is 2.66. The number of benzene rings is 1. The number of methoxy groups -OCH3 is 1. The van der Waals surface area contributed by atoms with Crippen molar-refractivity contribution >= 4 is 17.6 Å². The molecule has 0 bridgehead atoms. The number of carbonyl (C=O) groups is 2. The zero-order chi connectivity index (χ0) is 15.3. The van der Waals surface area contributed by atoms with Crippen molar-refractivity contribution in [2.45, 2.75) is 33.3 Å². The average Bonchev–Trinajstić information content (AvgIpc) is 2.37. The van der Waals surface area contributed by atoms with Crippen molar-refractivity contribution in [3.63, 3.8) is 0 Å². The normalized spacial score (nSPS) is 11.1. The first-order valence-corrected chi connectivity index (χ1v) is 6.36. The lowest BCUT2D eigenvalue weighted by Gasteiger charge is -2.19. The molecule has 0 aromatic heterocycles. The van der Waals surface area contributed by atoms with Crippen molar-refractivity contribution in [2.75, 3.05) is 19.0 Å². The van der Waals surface area contributed by atoms with Crippen molar-refractivity contribution in [3.8, 4) is 0 Å². The van der Waals surface area contributed by atoms with Crippen LogP contribution in [0.2, 0.25) is 0 Å². The minimum absolute atomic E-state index is 0.0714. The second kappa shape index (κ2) is 6.52. The number of hydrogen-bond donors (Lipinski definition) is 1. The molecule has 1 rings (SSSR count). The molecule has 20 heavy (non-hydrogen) atoms. The van der Waals surface area contributed by atoms with Crippen molar-refractivity contribution in [2.24, 2.45) is 0 Å². The number of rotatable bonds is 4. The van der Waals surface area contributed by atoms with E-state index in [1.54, 1.807) is 12.1 Å². The van der Waals surface area contributed by atoms with Crippen LogP contribution in [-0.2, 0) is 14.3 Å². The minimum Gasteiger partial charge on any atom is -0.465 e. The molecule has 110 valence electrons. The van der Waals surface area contributed by atoms with Gasteiger partial charge in [0, 0.05) is 0 Å². The summed E-state index contributed by atoms with van der Waals surface area (Å²) in [5.41, 5.74) is 1.27. The second-order valence-electron chi connectivity index (χ2n) is 5.49. The van der Waals surface area contributed by atoms with Gasteiger partial charge in [-0.1, -0.05) is 11.6 Å². The number of ether oxygens (including phenoxy) is 2. The standard InChI is InChI=1S/C15H21NO4/c1-10-6-7-12(11(8-10)14(18)19-5)16-13(17)9-20-15(2,3)4/h6-8H,9H2,1-5H3,(H,16,17). The van der Waals surface area contributed by atoms with Crippen LogP contribution in [0.15, 0.2) is 18.2 Å². The van der Waals surface area contributed by atoms with Crippen LogP contribution < -0.4 is 5.32 Å². The Bertz CT molecular complexity index is 503. The van der Waals surface area contributed by atoms with E-state index in [1.807, 2.05) is 33.8 Å². The van der Waals surface area contributed by atoms with E-state index >= 15 is 0 Å². The molecule has 0 saturated carbocycles. The highest BCUT2D eigenvalue weighted by molar-refractivity contribution is 6.01. The SMILES string of the molecule is COC(=O)c1cc(C)ccc1NC(=O)COC(C)(C)C. The molecule has 0 atom stereocenters. The maximum Gasteiger partial charge on any atom is 0.339 e. The summed E-state index contributed by atoms with van der Waals surface area (Å²) in [6.07, 6.45) is 0. The van der Waals surface area contributed by atoms with Gasteiger partial charge in [0.2, 0.25) is 5.91 Å². The Labute approximate surface area is 119 Å². The Morgan fingerprint density at radius 1 is 1.25 bits per heavy atom. The van der Waals surface area contributed by atoms with Crippen LogP contribution in [0.5, 0.6) is 0 Å². The maximum atomic E-state index is 11.8. The molecule has 1 aromatic carbocycles. The minimum atomic E-state index is -0.485. The summed E-state index contributed by atoms with van der Waals surface area (Å²) in [6.45, 7) is 7.39. The molecule has 0 unspecified atom stereocenters. The highest BCUT2D eigenvalue weighted by Gasteiger charge is 2.16. The van der Waals surface area contributed by atoms with E-state index in [9.17, 15) is 9.59 Å². The Kier molecular flexibility index (Phi) is 5.27. The van der Waals surface area contributed by atoms with Crippen LogP contribution in [-0.4, -0.2) is 31.2 Å². The molecule has 0 saturated heterocycles. The molecule has 1 amide bonds. The number of aryl methyl sites for hydroxylation is 1. The van der Waals surface area contributed by atoms with E-state index in [2.05, 4.69) is 5.32 Å². The van der Waals surface area contributed by atoms with Crippen LogP contribution in [0.1, 0.15) is 36.7 Å². The highest BCUT2D eigenvalue weighted by Crippen LogP contribution is 2.18. The number of esters is 1. The van der Waals surface area contributed by atoms with E-state index in [0.717, 1.165) is 5.56 Å². The fraction of sp³-hybridized carbons (Fsp3) is 0.467. The molecule has 0 heterocycles. The van der Waals surface area contributed by atoms with Crippen LogP contribution in [0, 0.1) is 6.92 Å². The smallest absolute Gasteiger partial charge is 0.339 e. The van der Waals surface area contributed by atoms with E-state index in [1.165, 1.54) is 7.11 Å². The van der Waals surface area contributed by atoms with Crippen LogP contribution in [0.3, 0.4) is 0 Å². The summed E-state index contributed by atoms with van der Waals surface area (Å²) in [6, 6.07) is 5.16. The van der Waals surface area contributed by atoms with E-state index in [0.29, 0.717) is 11.3 Å². The predicted octanol–water partition coefficient (Wildman–Crippen LogP) is 2.54.